The molecule has 0 aliphatic carbocycles. The number of likely N-dealkylation sites (tertiary alicyclic amines) is 1. The molecule has 0 radical (unpaired) electrons. The number of carbonyl (C=O) groups excluding carboxylic acids is 1. The van der Waals surface area contributed by atoms with Crippen molar-refractivity contribution >= 4 is 15.7 Å². The van der Waals surface area contributed by atoms with Gasteiger partial charge in [-0.25, -0.2) is 8.42 Å². The molecule has 0 N–H and O–H groups in total. The molecule has 1 aliphatic heterocycles. The van der Waals surface area contributed by atoms with Gasteiger partial charge >= 0.3 is 0 Å². The molecule has 1 aromatic rings. The lowest BCUT2D eigenvalue weighted by Gasteiger charge is -2.30. The van der Waals surface area contributed by atoms with Crippen LogP contribution < -0.4 is 0 Å². The van der Waals surface area contributed by atoms with E-state index in [-0.39, 0.29) is 11.7 Å². The summed E-state index contributed by atoms with van der Waals surface area (Å²) in [5.74, 6) is 0.661. The van der Waals surface area contributed by atoms with Crippen LogP contribution in [-0.2, 0) is 15.6 Å². The van der Waals surface area contributed by atoms with Crippen LogP contribution in [0.15, 0.2) is 24.3 Å². The lowest BCUT2D eigenvalue weighted by molar-refractivity contribution is 0.0697. The lowest BCUT2D eigenvalue weighted by atomic mass is 9.98. The summed E-state index contributed by atoms with van der Waals surface area (Å²) in [7, 11) is -3.08. The van der Waals surface area contributed by atoms with Crippen molar-refractivity contribution in [2.75, 3.05) is 19.3 Å². The van der Waals surface area contributed by atoms with Crippen LogP contribution in [0.25, 0.3) is 0 Å². The number of hydrogen-bond donors (Lipinski definition) is 0. The zero-order valence-corrected chi connectivity index (χ0v) is 12.8. The van der Waals surface area contributed by atoms with Gasteiger partial charge in [0, 0.05) is 24.9 Å². The fourth-order valence-electron chi connectivity index (χ4n) is 2.49. The Morgan fingerprint density at radius 1 is 1.30 bits per heavy atom. The lowest BCUT2D eigenvalue weighted by Crippen LogP contribution is -2.37. The van der Waals surface area contributed by atoms with Crippen molar-refractivity contribution in [2.45, 2.75) is 25.5 Å². The van der Waals surface area contributed by atoms with E-state index in [0.717, 1.165) is 25.9 Å². The van der Waals surface area contributed by atoms with E-state index in [0.29, 0.717) is 17.0 Å². The Morgan fingerprint density at radius 2 is 1.95 bits per heavy atom. The normalized spacial score (nSPS) is 17.2. The fourth-order valence-corrected chi connectivity index (χ4v) is 3.28. The molecule has 0 unspecified atom stereocenters. The highest BCUT2D eigenvalue weighted by Crippen LogP contribution is 2.19. The van der Waals surface area contributed by atoms with Crippen molar-refractivity contribution < 1.29 is 13.2 Å². The van der Waals surface area contributed by atoms with Gasteiger partial charge in [-0.3, -0.25) is 4.79 Å². The van der Waals surface area contributed by atoms with Crippen molar-refractivity contribution in [1.29, 1.82) is 0 Å². The zero-order valence-electron chi connectivity index (χ0n) is 12.0. The number of carbonyl (C=O) groups is 1. The van der Waals surface area contributed by atoms with E-state index < -0.39 is 9.84 Å². The quantitative estimate of drug-likeness (QED) is 0.858. The second-order valence-electron chi connectivity index (χ2n) is 5.75. The van der Waals surface area contributed by atoms with E-state index in [1.165, 1.54) is 6.26 Å². The van der Waals surface area contributed by atoms with E-state index in [1.54, 1.807) is 24.3 Å². The Labute approximate surface area is 120 Å². The van der Waals surface area contributed by atoms with Crippen LogP contribution >= 0.6 is 0 Å². The van der Waals surface area contributed by atoms with Crippen LogP contribution in [0.4, 0.5) is 0 Å². The van der Waals surface area contributed by atoms with Gasteiger partial charge in [0.05, 0.1) is 5.75 Å². The average molecular weight is 295 g/mol. The summed E-state index contributed by atoms with van der Waals surface area (Å²) < 4.78 is 22.6. The summed E-state index contributed by atoms with van der Waals surface area (Å²) in [6.07, 6.45) is 3.27. The topological polar surface area (TPSA) is 54.5 Å². The summed E-state index contributed by atoms with van der Waals surface area (Å²) in [6.45, 7) is 3.78. The van der Waals surface area contributed by atoms with Crippen molar-refractivity contribution in [3.63, 3.8) is 0 Å². The number of benzene rings is 1. The summed E-state index contributed by atoms with van der Waals surface area (Å²) in [5, 5.41) is 0. The zero-order chi connectivity index (χ0) is 14.8. The number of amides is 1. The van der Waals surface area contributed by atoms with E-state index in [2.05, 4.69) is 6.92 Å². The molecular formula is C15H21NO3S. The van der Waals surface area contributed by atoms with Crippen molar-refractivity contribution in [3.8, 4) is 0 Å². The second kappa shape index (κ2) is 5.95. The van der Waals surface area contributed by atoms with Crippen LogP contribution in [0.2, 0.25) is 0 Å². The SMILES string of the molecule is CC1CCN(C(=O)c2cccc(CS(C)(=O)=O)c2)CC1. The van der Waals surface area contributed by atoms with Gasteiger partial charge in [-0.1, -0.05) is 19.1 Å². The highest BCUT2D eigenvalue weighted by atomic mass is 32.2. The largest absolute Gasteiger partial charge is 0.339 e. The molecule has 110 valence electrons. The first-order valence-corrected chi connectivity index (χ1v) is 8.97. The van der Waals surface area contributed by atoms with Gasteiger partial charge in [-0.05, 0) is 36.5 Å². The summed E-state index contributed by atoms with van der Waals surface area (Å²) in [4.78, 5) is 14.3. The molecule has 0 aromatic heterocycles. The summed E-state index contributed by atoms with van der Waals surface area (Å²) in [5.41, 5.74) is 1.25. The van der Waals surface area contributed by atoms with Gasteiger partial charge in [-0.15, -0.1) is 0 Å². The molecule has 5 heteroatoms. The van der Waals surface area contributed by atoms with Gasteiger partial charge in [0.25, 0.3) is 5.91 Å². The molecule has 0 atom stereocenters. The molecule has 20 heavy (non-hydrogen) atoms. The fraction of sp³-hybridized carbons (Fsp3) is 0.533. The van der Waals surface area contributed by atoms with Gasteiger partial charge < -0.3 is 4.90 Å². The minimum absolute atomic E-state index is 0.00671. The van der Waals surface area contributed by atoms with E-state index >= 15 is 0 Å². The third-order valence-electron chi connectivity index (χ3n) is 3.67. The number of rotatable bonds is 3. The highest BCUT2D eigenvalue weighted by molar-refractivity contribution is 7.89. The molecular weight excluding hydrogens is 274 g/mol. The minimum atomic E-state index is -3.08. The number of piperidine rings is 1. The second-order valence-corrected chi connectivity index (χ2v) is 7.89. The third kappa shape index (κ3) is 4.07. The maximum absolute atomic E-state index is 12.4. The first-order chi connectivity index (χ1) is 9.35. The van der Waals surface area contributed by atoms with Crippen molar-refractivity contribution in [3.05, 3.63) is 35.4 Å². The number of sulfone groups is 1. The molecule has 1 aromatic carbocycles. The molecule has 1 saturated heterocycles. The molecule has 4 nitrogen and oxygen atoms in total. The maximum atomic E-state index is 12.4. The Bertz CT molecular complexity index is 587. The first-order valence-electron chi connectivity index (χ1n) is 6.91. The predicted molar refractivity (Wildman–Crippen MR) is 79.3 cm³/mol. The molecule has 0 saturated carbocycles. The molecule has 0 spiro atoms. The van der Waals surface area contributed by atoms with Crippen molar-refractivity contribution in [1.82, 2.24) is 4.90 Å². The minimum Gasteiger partial charge on any atom is -0.339 e. The van der Waals surface area contributed by atoms with E-state index in [4.69, 9.17) is 0 Å². The average Bonchev–Trinajstić information content (AvgIpc) is 2.37. The molecule has 1 heterocycles. The Balaban J connectivity index is 2.12. The van der Waals surface area contributed by atoms with Gasteiger partial charge in [0.1, 0.15) is 0 Å². The molecule has 1 fully saturated rings. The molecule has 1 amide bonds. The summed E-state index contributed by atoms with van der Waals surface area (Å²) >= 11 is 0. The van der Waals surface area contributed by atoms with Crippen LogP contribution in [0.5, 0.6) is 0 Å². The number of nitrogens with zero attached hydrogens (tertiary/aromatic N) is 1. The van der Waals surface area contributed by atoms with Gasteiger partial charge in [0.15, 0.2) is 9.84 Å². The van der Waals surface area contributed by atoms with Crippen LogP contribution in [0.1, 0.15) is 35.7 Å². The van der Waals surface area contributed by atoms with E-state index in [9.17, 15) is 13.2 Å². The molecule has 0 bridgehead atoms. The Hall–Kier alpha value is -1.36. The van der Waals surface area contributed by atoms with Gasteiger partial charge in [-0.2, -0.15) is 0 Å². The summed E-state index contributed by atoms with van der Waals surface area (Å²) in [6, 6.07) is 6.95. The Morgan fingerprint density at radius 3 is 2.55 bits per heavy atom. The van der Waals surface area contributed by atoms with Crippen molar-refractivity contribution in [2.24, 2.45) is 5.92 Å². The highest BCUT2D eigenvalue weighted by Gasteiger charge is 2.21. The third-order valence-corrected chi connectivity index (χ3v) is 4.53. The van der Waals surface area contributed by atoms with Crippen LogP contribution in [-0.4, -0.2) is 38.6 Å². The first kappa shape index (κ1) is 15.0. The maximum Gasteiger partial charge on any atom is 0.253 e. The van der Waals surface area contributed by atoms with E-state index in [1.807, 2.05) is 4.90 Å². The van der Waals surface area contributed by atoms with Crippen LogP contribution in [0.3, 0.4) is 0 Å². The van der Waals surface area contributed by atoms with Crippen LogP contribution in [0, 0.1) is 5.92 Å². The smallest absolute Gasteiger partial charge is 0.253 e. The monoisotopic (exact) mass is 295 g/mol. The Kier molecular flexibility index (Phi) is 4.48. The standard InChI is InChI=1S/C15H21NO3S/c1-12-6-8-16(9-7-12)15(17)14-5-3-4-13(10-14)11-20(2,18)19/h3-5,10,12H,6-9,11H2,1-2H3. The predicted octanol–water partition coefficient (Wildman–Crippen LogP) is 2.10. The van der Waals surface area contributed by atoms with Gasteiger partial charge in [0.2, 0.25) is 0 Å². The molecule has 1 aliphatic rings. The number of hydrogen-bond acceptors (Lipinski definition) is 3. The molecule has 2 rings (SSSR count).